The van der Waals surface area contributed by atoms with E-state index >= 15 is 0 Å². The molecule has 1 aliphatic rings. The maximum absolute atomic E-state index is 13.8. The Morgan fingerprint density at radius 2 is 1.39 bits per heavy atom. The van der Waals surface area contributed by atoms with Crippen molar-refractivity contribution < 1.29 is 33.9 Å². The number of hydrogen-bond donors (Lipinski definition) is 8. The second-order valence-electron chi connectivity index (χ2n) is 14.2. The van der Waals surface area contributed by atoms with Gasteiger partial charge in [0.15, 0.2) is 0 Å². The van der Waals surface area contributed by atoms with Crippen LogP contribution in [0.15, 0.2) is 77.9 Å². The molecule has 3 aromatic carbocycles. The van der Waals surface area contributed by atoms with Crippen LogP contribution in [0.25, 0.3) is 11.4 Å². The first-order valence-electron chi connectivity index (χ1n) is 18.7. The molecule has 0 unspecified atom stereocenters. The van der Waals surface area contributed by atoms with E-state index in [1.807, 2.05) is 62.4 Å². The van der Waals surface area contributed by atoms with Gasteiger partial charge in [-0.15, -0.1) is 0 Å². The Labute approximate surface area is 331 Å². The quantitative estimate of drug-likeness (QED) is 0.0946. The van der Waals surface area contributed by atoms with E-state index in [9.17, 15) is 33.9 Å². The van der Waals surface area contributed by atoms with E-state index in [-0.39, 0.29) is 43.9 Å². The van der Waals surface area contributed by atoms with Crippen molar-refractivity contribution in [3.8, 4) is 0 Å². The molecule has 0 bridgehead atoms. The summed E-state index contributed by atoms with van der Waals surface area (Å²) in [7, 11) is 0. The molecule has 0 saturated carbocycles. The fourth-order valence-corrected chi connectivity index (χ4v) is 6.04. The molecule has 16 nitrogen and oxygen atoms in total. The summed E-state index contributed by atoms with van der Waals surface area (Å²) in [6.45, 7) is 7.99. The number of carbonyl (C=O) groups excluding carboxylic acids is 6. The second-order valence-corrected chi connectivity index (χ2v) is 14.2. The zero-order valence-corrected chi connectivity index (χ0v) is 32.8. The number of aliphatic hydroxyl groups excluding tert-OH is 1. The number of nitrogens with zero attached hydrogens (tertiary/aromatic N) is 2. The third-order valence-corrected chi connectivity index (χ3v) is 9.03. The zero-order chi connectivity index (χ0) is 41.6. The lowest BCUT2D eigenvalue weighted by Crippen LogP contribution is -2.55. The summed E-state index contributed by atoms with van der Waals surface area (Å²) in [6.07, 6.45) is -0.361. The van der Waals surface area contributed by atoms with E-state index in [0.29, 0.717) is 39.5 Å². The molecule has 16 heteroatoms. The van der Waals surface area contributed by atoms with Crippen molar-refractivity contribution in [3.05, 3.63) is 95.1 Å². The summed E-state index contributed by atoms with van der Waals surface area (Å²) >= 11 is 0. The van der Waals surface area contributed by atoms with E-state index in [1.165, 1.54) is 6.92 Å². The molecule has 2 atom stereocenters. The molecule has 0 spiro atoms. The van der Waals surface area contributed by atoms with Crippen LogP contribution < -0.4 is 36.8 Å². The first-order chi connectivity index (χ1) is 27.2. The van der Waals surface area contributed by atoms with Crippen LogP contribution in [0.3, 0.4) is 0 Å². The minimum atomic E-state index is -1.01. The number of para-hydroxylation sites is 1. The normalized spacial score (nSPS) is 14.5. The first kappa shape index (κ1) is 43.3. The van der Waals surface area contributed by atoms with Crippen LogP contribution in [-0.2, 0) is 41.9 Å². The number of nitrogens with one attached hydrogen (secondary N) is 7. The molecule has 1 aliphatic heterocycles. The summed E-state index contributed by atoms with van der Waals surface area (Å²) in [5.41, 5.74) is 13.0. The van der Waals surface area contributed by atoms with Gasteiger partial charge in [-0.05, 0) is 56.0 Å². The molecule has 0 saturated heterocycles. The van der Waals surface area contributed by atoms with Crippen LogP contribution in [0.5, 0.6) is 0 Å². The van der Waals surface area contributed by atoms with Crippen LogP contribution in [0.4, 0.5) is 11.4 Å². The van der Waals surface area contributed by atoms with E-state index in [2.05, 4.69) is 37.0 Å². The fourth-order valence-electron chi connectivity index (χ4n) is 6.04. The predicted octanol–water partition coefficient (Wildman–Crippen LogP) is 3.18. The van der Waals surface area contributed by atoms with Gasteiger partial charge >= 0.3 is 0 Å². The summed E-state index contributed by atoms with van der Waals surface area (Å²) < 4.78 is 0. The average molecular weight is 782 g/mol. The van der Waals surface area contributed by atoms with Crippen LogP contribution in [0.2, 0.25) is 0 Å². The lowest BCUT2D eigenvalue weighted by molar-refractivity contribution is -0.132. The van der Waals surface area contributed by atoms with Gasteiger partial charge in [0.1, 0.15) is 17.8 Å². The van der Waals surface area contributed by atoms with Crippen molar-refractivity contribution in [2.45, 2.75) is 78.7 Å². The summed E-state index contributed by atoms with van der Waals surface area (Å²) in [4.78, 5) is 79.1. The molecule has 8 N–H and O–H groups in total. The van der Waals surface area contributed by atoms with E-state index in [0.717, 1.165) is 5.56 Å². The second kappa shape index (κ2) is 20.5. The number of carbonyl (C=O) groups is 6. The molecule has 0 fully saturated rings. The predicted molar refractivity (Wildman–Crippen MR) is 215 cm³/mol. The molecule has 302 valence electrons. The summed E-state index contributed by atoms with van der Waals surface area (Å²) in [5.74, 6) is -3.62. The number of anilines is 2. The first-order valence-corrected chi connectivity index (χ1v) is 18.7. The molecule has 1 heterocycles. The number of fused-ring (bicyclic) bond motifs is 2. The zero-order valence-electron chi connectivity index (χ0n) is 32.8. The van der Waals surface area contributed by atoms with E-state index in [4.69, 9.17) is 5.53 Å². The maximum atomic E-state index is 13.8. The van der Waals surface area contributed by atoms with Gasteiger partial charge in [-0.25, -0.2) is 5.53 Å². The molecular formula is C41H51N9O7. The number of amides is 6. The number of rotatable bonds is 17. The highest BCUT2D eigenvalue weighted by Gasteiger charge is 2.29. The Balaban J connectivity index is 1.27. The monoisotopic (exact) mass is 781 g/mol. The molecule has 0 aliphatic carbocycles. The number of hydrogen-bond acceptors (Lipinski definition) is 10. The molecule has 3 aromatic rings. The van der Waals surface area contributed by atoms with Gasteiger partial charge in [-0.3, -0.25) is 28.8 Å². The van der Waals surface area contributed by atoms with Crippen molar-refractivity contribution in [1.82, 2.24) is 26.6 Å². The SMILES string of the molecule is CC(C)N/C1=C(\N=N)c2ccccc2CN(C(=O)CCC(=O)NCC(=O)NCC(=O)N[C@H](C(=O)N[C@@H](C)C(=O)Nc2ccc(CO)cc2)C(C)C)c2ccccc21. The van der Waals surface area contributed by atoms with Gasteiger partial charge in [0, 0.05) is 35.7 Å². The van der Waals surface area contributed by atoms with Gasteiger partial charge in [0.25, 0.3) is 0 Å². The van der Waals surface area contributed by atoms with Crippen molar-refractivity contribution in [1.29, 1.82) is 5.53 Å². The summed E-state index contributed by atoms with van der Waals surface area (Å²) in [6, 6.07) is 19.3. The third kappa shape index (κ3) is 12.0. The molecule has 6 amide bonds. The average Bonchev–Trinajstić information content (AvgIpc) is 3.19. The Hall–Kier alpha value is -6.42. The minimum absolute atomic E-state index is 0.000911. The van der Waals surface area contributed by atoms with Crippen molar-refractivity contribution in [2.75, 3.05) is 23.3 Å². The molecule has 0 radical (unpaired) electrons. The van der Waals surface area contributed by atoms with Crippen molar-refractivity contribution >= 4 is 58.2 Å². The van der Waals surface area contributed by atoms with E-state index < -0.39 is 54.7 Å². The lowest BCUT2D eigenvalue weighted by Gasteiger charge is -2.31. The standard InChI is InChI=1S/C41H51N9O7/c1-24(2)37(41(57)46-26(5)40(56)47-29-16-14-27(23-51)15-17-29)48-35(54)21-44-34(53)20-43-33(52)18-19-36(55)50-22-28-10-6-7-11-30(28)39(49-42)38(45-25(3)4)31-12-8-9-13-32(31)50/h6-17,24-26,37,42,45,51H,18-23H2,1-5H3,(H,43,52)(H,44,53)(H,46,57)(H,47,56)(H,48,54)/b39-38-,49-42?/t26-,37-/m0/s1. The third-order valence-electron chi connectivity index (χ3n) is 9.03. The Morgan fingerprint density at radius 3 is 2.04 bits per heavy atom. The van der Waals surface area contributed by atoms with E-state index in [1.54, 1.807) is 43.0 Å². The van der Waals surface area contributed by atoms with Gasteiger partial charge in [-0.2, -0.15) is 5.11 Å². The van der Waals surface area contributed by atoms with Crippen LogP contribution >= 0.6 is 0 Å². The highest BCUT2D eigenvalue weighted by atomic mass is 16.3. The molecular weight excluding hydrogens is 731 g/mol. The van der Waals surface area contributed by atoms with Crippen LogP contribution in [0.1, 0.15) is 69.7 Å². The lowest BCUT2D eigenvalue weighted by atomic mass is 9.95. The Morgan fingerprint density at radius 1 is 0.754 bits per heavy atom. The van der Waals surface area contributed by atoms with Crippen LogP contribution in [0, 0.1) is 11.4 Å². The smallest absolute Gasteiger partial charge is 0.246 e. The highest BCUT2D eigenvalue weighted by Crippen LogP contribution is 2.37. The van der Waals surface area contributed by atoms with Crippen molar-refractivity contribution in [2.24, 2.45) is 11.0 Å². The van der Waals surface area contributed by atoms with Gasteiger partial charge in [-0.1, -0.05) is 68.4 Å². The maximum Gasteiger partial charge on any atom is 0.246 e. The van der Waals surface area contributed by atoms with Gasteiger partial charge in [0.2, 0.25) is 35.4 Å². The molecule has 0 aromatic heterocycles. The fraction of sp³-hybridized carbons (Fsp3) is 0.366. The Kier molecular flexibility index (Phi) is 15.6. The number of aliphatic hydroxyl groups is 1. The van der Waals surface area contributed by atoms with Crippen LogP contribution in [-0.4, -0.2) is 71.8 Å². The minimum Gasteiger partial charge on any atom is -0.392 e. The highest BCUT2D eigenvalue weighted by molar-refractivity contribution is 6.02. The van der Waals surface area contributed by atoms with Gasteiger partial charge < -0.3 is 41.9 Å². The van der Waals surface area contributed by atoms with Gasteiger partial charge in [0.05, 0.1) is 37.6 Å². The molecule has 4 rings (SSSR count). The topological polar surface area (TPSA) is 234 Å². The van der Waals surface area contributed by atoms with Crippen molar-refractivity contribution in [3.63, 3.8) is 0 Å². The molecule has 57 heavy (non-hydrogen) atoms. The number of benzene rings is 3. The summed E-state index contributed by atoms with van der Waals surface area (Å²) in [5, 5.41) is 29.2. The largest absolute Gasteiger partial charge is 0.392 e. The Bertz CT molecular complexity index is 2000.